The van der Waals surface area contributed by atoms with Crippen LogP contribution in [0.25, 0.3) is 0 Å². The molecular formula is C41H71N4O4P. The third-order valence-corrected chi connectivity index (χ3v) is 14.7. The zero-order chi connectivity index (χ0) is 35.9. The molecule has 50 heavy (non-hydrogen) atoms. The molecule has 9 atom stereocenters. The Morgan fingerprint density at radius 3 is 2.60 bits per heavy atom. The van der Waals surface area contributed by atoms with Gasteiger partial charge in [0.1, 0.15) is 0 Å². The molecular weight excluding hydrogens is 643 g/mol. The van der Waals surface area contributed by atoms with Crippen LogP contribution in [0.5, 0.6) is 0 Å². The standard InChI is InChI=1S/C41H71N4O4P/c1-30(2)14-13-15-31(3)36-20-21-37-35-19-18-32-28-34(22-24-40(32,4)38(35)23-25-41(36,37)5)45-29-33(43-44-45)16-9-10-17-39(46)42-26-11-7-8-12-27-49-50(6,47)48/h18,29-31,34-38H,7-17,19-28H2,1-6H3,(H,42,46)(H,47,48)/t31-,34+,35+,36-,37+,38+,40+,41-/m1/s1. The van der Waals surface area contributed by atoms with Gasteiger partial charge >= 0.3 is 7.60 Å². The Morgan fingerprint density at radius 1 is 1.02 bits per heavy atom. The first-order valence-electron chi connectivity index (χ1n) is 20.6. The lowest BCUT2D eigenvalue weighted by molar-refractivity contribution is -0.121. The number of aromatic nitrogens is 3. The van der Waals surface area contributed by atoms with Crippen molar-refractivity contribution in [3.63, 3.8) is 0 Å². The summed E-state index contributed by atoms with van der Waals surface area (Å²) in [6.45, 7) is 14.9. The molecule has 0 aromatic carbocycles. The predicted molar refractivity (Wildman–Crippen MR) is 203 cm³/mol. The van der Waals surface area contributed by atoms with Crippen molar-refractivity contribution in [3.05, 3.63) is 23.5 Å². The van der Waals surface area contributed by atoms with Gasteiger partial charge in [0.25, 0.3) is 0 Å². The number of carbonyl (C=O) groups excluding carboxylic acids is 1. The maximum atomic E-state index is 12.3. The molecule has 284 valence electrons. The van der Waals surface area contributed by atoms with E-state index >= 15 is 0 Å². The van der Waals surface area contributed by atoms with Gasteiger partial charge < -0.3 is 14.7 Å². The lowest BCUT2D eigenvalue weighted by Crippen LogP contribution is -2.50. The summed E-state index contributed by atoms with van der Waals surface area (Å²) in [5.41, 5.74) is 3.65. The van der Waals surface area contributed by atoms with Crippen molar-refractivity contribution in [1.29, 1.82) is 0 Å². The van der Waals surface area contributed by atoms with Crippen LogP contribution in [0.4, 0.5) is 0 Å². The molecule has 4 aliphatic carbocycles. The molecule has 3 saturated carbocycles. The zero-order valence-corrected chi connectivity index (χ0v) is 33.4. The number of carbonyl (C=O) groups is 1. The number of fused-ring (bicyclic) bond motifs is 5. The van der Waals surface area contributed by atoms with Gasteiger partial charge in [-0.05, 0) is 130 Å². The number of amides is 1. The predicted octanol–water partition coefficient (Wildman–Crippen LogP) is 10.1. The molecule has 3 fully saturated rings. The third-order valence-electron chi connectivity index (χ3n) is 14.0. The number of nitrogens with one attached hydrogen (secondary N) is 1. The van der Waals surface area contributed by atoms with Crippen LogP contribution < -0.4 is 5.32 Å². The zero-order valence-electron chi connectivity index (χ0n) is 32.5. The maximum Gasteiger partial charge on any atom is 0.325 e. The molecule has 2 N–H and O–H groups in total. The summed E-state index contributed by atoms with van der Waals surface area (Å²) in [6.07, 6.45) is 26.5. The van der Waals surface area contributed by atoms with Crippen LogP contribution in [0.1, 0.15) is 162 Å². The highest BCUT2D eigenvalue weighted by Crippen LogP contribution is 2.67. The minimum absolute atomic E-state index is 0.111. The van der Waals surface area contributed by atoms with Crippen molar-refractivity contribution in [2.24, 2.45) is 46.3 Å². The van der Waals surface area contributed by atoms with Gasteiger partial charge in [-0.25, -0.2) is 4.68 Å². The lowest BCUT2D eigenvalue weighted by Gasteiger charge is -2.58. The monoisotopic (exact) mass is 715 g/mol. The van der Waals surface area contributed by atoms with Gasteiger partial charge in [0, 0.05) is 25.8 Å². The Balaban J connectivity index is 1.03. The summed E-state index contributed by atoms with van der Waals surface area (Å²) in [4.78, 5) is 21.4. The molecule has 8 nitrogen and oxygen atoms in total. The van der Waals surface area contributed by atoms with Crippen molar-refractivity contribution in [2.75, 3.05) is 19.8 Å². The van der Waals surface area contributed by atoms with E-state index in [0.717, 1.165) is 92.6 Å². The molecule has 9 heteroatoms. The first-order valence-corrected chi connectivity index (χ1v) is 22.6. The fourth-order valence-electron chi connectivity index (χ4n) is 11.2. The molecule has 1 amide bonds. The van der Waals surface area contributed by atoms with Gasteiger partial charge in [-0.3, -0.25) is 9.36 Å². The average molecular weight is 715 g/mol. The molecule has 1 unspecified atom stereocenters. The number of rotatable bonds is 19. The minimum Gasteiger partial charge on any atom is -0.356 e. The normalized spacial score (nSPS) is 32.5. The van der Waals surface area contributed by atoms with Gasteiger partial charge in [0.15, 0.2) is 0 Å². The molecule has 1 aromatic heterocycles. The number of hydrogen-bond acceptors (Lipinski definition) is 5. The van der Waals surface area contributed by atoms with Crippen molar-refractivity contribution in [2.45, 2.75) is 163 Å². The molecule has 0 bridgehead atoms. The van der Waals surface area contributed by atoms with Crippen LogP contribution in [0.2, 0.25) is 0 Å². The number of nitrogens with zero attached hydrogens (tertiary/aromatic N) is 3. The van der Waals surface area contributed by atoms with Gasteiger partial charge in [-0.1, -0.05) is 83.6 Å². The highest BCUT2D eigenvalue weighted by atomic mass is 31.2. The number of hydrogen-bond donors (Lipinski definition) is 2. The third kappa shape index (κ3) is 9.92. The molecule has 0 radical (unpaired) electrons. The van der Waals surface area contributed by atoms with E-state index in [-0.39, 0.29) is 5.91 Å². The van der Waals surface area contributed by atoms with Gasteiger partial charge in [0.2, 0.25) is 5.91 Å². The Hall–Kier alpha value is -1.50. The summed E-state index contributed by atoms with van der Waals surface area (Å²) in [5.74, 6) is 5.34. The average Bonchev–Trinajstić information content (AvgIpc) is 3.67. The van der Waals surface area contributed by atoms with E-state index in [4.69, 9.17) is 9.42 Å². The largest absolute Gasteiger partial charge is 0.356 e. The molecule has 0 saturated heterocycles. The van der Waals surface area contributed by atoms with Crippen LogP contribution in [0.3, 0.4) is 0 Å². The van der Waals surface area contributed by atoms with Crippen LogP contribution in [0, 0.1) is 46.3 Å². The number of allylic oxidation sites excluding steroid dienone is 2. The second-order valence-corrected chi connectivity index (χ2v) is 19.8. The Kier molecular flexibility index (Phi) is 13.9. The molecule has 1 aromatic rings. The van der Waals surface area contributed by atoms with Crippen molar-refractivity contribution in [3.8, 4) is 0 Å². The van der Waals surface area contributed by atoms with Crippen LogP contribution >= 0.6 is 7.60 Å². The van der Waals surface area contributed by atoms with E-state index < -0.39 is 7.60 Å². The van der Waals surface area contributed by atoms with Crippen molar-refractivity contribution < 1.29 is 18.8 Å². The van der Waals surface area contributed by atoms with E-state index in [2.05, 4.69) is 67.2 Å². The van der Waals surface area contributed by atoms with E-state index in [1.165, 1.54) is 70.9 Å². The van der Waals surface area contributed by atoms with Gasteiger partial charge in [-0.2, -0.15) is 0 Å². The van der Waals surface area contributed by atoms with Crippen LogP contribution in [-0.4, -0.2) is 45.6 Å². The van der Waals surface area contributed by atoms with Gasteiger partial charge in [-0.15, -0.1) is 5.10 Å². The Labute approximate surface area is 304 Å². The van der Waals surface area contributed by atoms with E-state index in [1.807, 2.05) is 0 Å². The fraction of sp³-hybridized carbons (Fsp3) is 0.878. The fourth-order valence-corrected chi connectivity index (χ4v) is 11.7. The topological polar surface area (TPSA) is 106 Å². The number of unbranched alkanes of at least 4 members (excludes halogenated alkanes) is 4. The maximum absolute atomic E-state index is 12.3. The van der Waals surface area contributed by atoms with Crippen LogP contribution in [-0.2, 0) is 20.3 Å². The molecule has 1 heterocycles. The first kappa shape index (κ1) is 39.7. The number of aryl methyl sites for hydroxylation is 1. The summed E-state index contributed by atoms with van der Waals surface area (Å²) in [7, 11) is -3.37. The molecule has 4 aliphatic rings. The Bertz CT molecular complexity index is 1320. The van der Waals surface area contributed by atoms with E-state index in [9.17, 15) is 9.36 Å². The summed E-state index contributed by atoms with van der Waals surface area (Å²) in [5, 5.41) is 12.2. The summed E-state index contributed by atoms with van der Waals surface area (Å²) >= 11 is 0. The molecule has 0 aliphatic heterocycles. The second kappa shape index (κ2) is 17.5. The molecule has 5 rings (SSSR count). The highest BCUT2D eigenvalue weighted by Gasteiger charge is 2.59. The van der Waals surface area contributed by atoms with Crippen molar-refractivity contribution in [1.82, 2.24) is 20.3 Å². The summed E-state index contributed by atoms with van der Waals surface area (Å²) in [6, 6.07) is 0.407. The minimum atomic E-state index is -3.37. The first-order chi connectivity index (χ1) is 23.8. The quantitative estimate of drug-likeness (QED) is 0.0840. The Morgan fingerprint density at radius 2 is 1.82 bits per heavy atom. The van der Waals surface area contributed by atoms with Crippen molar-refractivity contribution >= 4 is 13.5 Å². The summed E-state index contributed by atoms with van der Waals surface area (Å²) < 4.78 is 18.2. The van der Waals surface area contributed by atoms with E-state index in [1.54, 1.807) is 5.57 Å². The lowest BCUT2D eigenvalue weighted by atomic mass is 9.47. The second-order valence-electron chi connectivity index (χ2n) is 18.0. The smallest absolute Gasteiger partial charge is 0.325 e. The van der Waals surface area contributed by atoms with Gasteiger partial charge in [0.05, 0.1) is 18.3 Å². The van der Waals surface area contributed by atoms with Crippen LogP contribution in [0.15, 0.2) is 17.8 Å². The van der Waals surface area contributed by atoms with E-state index in [0.29, 0.717) is 36.4 Å². The SMILES string of the molecule is CC(C)CCC[C@@H](C)[C@H]1CC[C@H]2[C@@H]3CC=C4C[C@@H](n5cc(CCCCC(=O)NCCCCCCOP(C)(=O)O)nn5)CC[C@]4(C)[C@H]3CC[C@]12C. The molecule has 0 spiro atoms. The highest BCUT2D eigenvalue weighted by molar-refractivity contribution is 7.51.